The van der Waals surface area contributed by atoms with E-state index in [2.05, 4.69) is 5.32 Å². The van der Waals surface area contributed by atoms with Crippen LogP contribution in [-0.4, -0.2) is 18.4 Å². The number of hydrogen-bond donors (Lipinski definition) is 1. The van der Waals surface area contributed by atoms with Crippen molar-refractivity contribution in [1.82, 2.24) is 5.32 Å². The molecule has 0 aromatic heterocycles. The number of rotatable bonds is 3. The number of carbonyl (C=O) groups excluding carboxylic acids is 2. The molecule has 0 saturated carbocycles. The van der Waals surface area contributed by atoms with Gasteiger partial charge >= 0.3 is 0 Å². The first-order chi connectivity index (χ1) is 8.13. The van der Waals surface area contributed by atoms with Gasteiger partial charge in [0, 0.05) is 12.6 Å². The summed E-state index contributed by atoms with van der Waals surface area (Å²) in [6.07, 6.45) is 1.34. The van der Waals surface area contributed by atoms with Crippen molar-refractivity contribution < 1.29 is 9.59 Å². The van der Waals surface area contributed by atoms with Gasteiger partial charge in [-0.2, -0.15) is 0 Å². The molecule has 1 N–H and O–H groups in total. The van der Waals surface area contributed by atoms with Gasteiger partial charge in [0.25, 0.3) is 11.8 Å². The lowest BCUT2D eigenvalue weighted by Gasteiger charge is -2.15. The van der Waals surface area contributed by atoms with Crippen LogP contribution in [0.5, 0.6) is 0 Å². The molecule has 1 aromatic rings. The summed E-state index contributed by atoms with van der Waals surface area (Å²) in [4.78, 5) is 24.9. The number of aryl methyl sites for hydroxylation is 1. The van der Waals surface area contributed by atoms with E-state index >= 15 is 0 Å². The number of carbonyl (C=O) groups is 2. The molecule has 1 aromatic carbocycles. The fourth-order valence-corrected chi connectivity index (χ4v) is 1.73. The zero-order valence-corrected chi connectivity index (χ0v) is 9.86. The summed E-state index contributed by atoms with van der Waals surface area (Å²) in [6, 6.07) is 7.30. The molecule has 0 spiro atoms. The Morgan fingerprint density at radius 1 is 1.18 bits per heavy atom. The zero-order valence-electron chi connectivity index (χ0n) is 9.86. The zero-order chi connectivity index (χ0) is 12.4. The van der Waals surface area contributed by atoms with Crippen LogP contribution >= 0.6 is 0 Å². The SMILES string of the molecule is CCNC1=CC(=O)N(c2ccc(C)cc2)C1=O. The Morgan fingerprint density at radius 2 is 1.82 bits per heavy atom. The first kappa shape index (κ1) is 11.4. The van der Waals surface area contributed by atoms with E-state index in [0.29, 0.717) is 17.9 Å². The number of amides is 2. The second-order valence-corrected chi connectivity index (χ2v) is 3.90. The summed E-state index contributed by atoms with van der Waals surface area (Å²) in [5, 5.41) is 2.88. The lowest BCUT2D eigenvalue weighted by molar-refractivity contribution is -0.120. The molecule has 17 heavy (non-hydrogen) atoms. The third-order valence-electron chi connectivity index (χ3n) is 2.58. The van der Waals surface area contributed by atoms with Crippen LogP contribution in [0.2, 0.25) is 0 Å². The molecular weight excluding hydrogens is 216 g/mol. The van der Waals surface area contributed by atoms with E-state index in [9.17, 15) is 9.59 Å². The van der Waals surface area contributed by atoms with Crippen LogP contribution < -0.4 is 10.2 Å². The fourth-order valence-electron chi connectivity index (χ4n) is 1.73. The average Bonchev–Trinajstić information content (AvgIpc) is 2.57. The molecule has 0 atom stereocenters. The van der Waals surface area contributed by atoms with Gasteiger partial charge in [0.2, 0.25) is 0 Å². The Labute approximate surface area is 99.9 Å². The van der Waals surface area contributed by atoms with E-state index in [1.165, 1.54) is 11.0 Å². The van der Waals surface area contributed by atoms with Crippen molar-refractivity contribution in [1.29, 1.82) is 0 Å². The van der Waals surface area contributed by atoms with E-state index in [4.69, 9.17) is 0 Å². The molecule has 0 fully saturated rings. The number of hydrogen-bond acceptors (Lipinski definition) is 3. The third-order valence-corrected chi connectivity index (χ3v) is 2.58. The van der Waals surface area contributed by atoms with Gasteiger partial charge in [0.15, 0.2) is 0 Å². The molecule has 1 aliphatic heterocycles. The number of likely N-dealkylation sites (N-methyl/N-ethyl adjacent to an activating group) is 1. The van der Waals surface area contributed by atoms with Crippen LogP contribution in [-0.2, 0) is 9.59 Å². The van der Waals surface area contributed by atoms with Crippen molar-refractivity contribution in [3.63, 3.8) is 0 Å². The van der Waals surface area contributed by atoms with Gasteiger partial charge in [-0.3, -0.25) is 9.59 Å². The molecule has 0 radical (unpaired) electrons. The van der Waals surface area contributed by atoms with Crippen LogP contribution in [0.4, 0.5) is 5.69 Å². The molecule has 0 saturated heterocycles. The number of anilines is 1. The molecule has 2 rings (SSSR count). The summed E-state index contributed by atoms with van der Waals surface area (Å²) in [5.41, 5.74) is 2.06. The van der Waals surface area contributed by atoms with Crippen molar-refractivity contribution in [2.24, 2.45) is 0 Å². The monoisotopic (exact) mass is 230 g/mol. The average molecular weight is 230 g/mol. The van der Waals surface area contributed by atoms with E-state index in [0.717, 1.165) is 5.56 Å². The second kappa shape index (κ2) is 4.41. The quantitative estimate of drug-likeness (QED) is 0.798. The van der Waals surface area contributed by atoms with Gasteiger partial charge in [-0.05, 0) is 26.0 Å². The number of imide groups is 1. The molecule has 4 heteroatoms. The minimum atomic E-state index is -0.296. The molecule has 0 unspecified atom stereocenters. The number of nitrogens with one attached hydrogen (secondary N) is 1. The molecular formula is C13H14N2O2. The molecule has 4 nitrogen and oxygen atoms in total. The first-order valence-electron chi connectivity index (χ1n) is 5.54. The van der Waals surface area contributed by atoms with Crippen molar-refractivity contribution >= 4 is 17.5 Å². The second-order valence-electron chi connectivity index (χ2n) is 3.90. The maximum Gasteiger partial charge on any atom is 0.281 e. The summed E-state index contributed by atoms with van der Waals surface area (Å²) in [5.74, 6) is -0.587. The van der Waals surface area contributed by atoms with Gasteiger partial charge in [-0.15, -0.1) is 0 Å². The highest BCUT2D eigenvalue weighted by Crippen LogP contribution is 2.21. The lowest BCUT2D eigenvalue weighted by atomic mass is 10.2. The molecule has 88 valence electrons. The van der Waals surface area contributed by atoms with E-state index in [1.54, 1.807) is 12.1 Å². The number of benzene rings is 1. The van der Waals surface area contributed by atoms with E-state index < -0.39 is 0 Å². The Morgan fingerprint density at radius 3 is 2.41 bits per heavy atom. The standard InChI is InChI=1S/C13H14N2O2/c1-3-14-11-8-12(16)15(13(11)17)10-6-4-9(2)5-7-10/h4-8,14H,3H2,1-2H3. The van der Waals surface area contributed by atoms with Gasteiger partial charge in [0.1, 0.15) is 5.70 Å². The highest BCUT2D eigenvalue weighted by Gasteiger charge is 2.31. The highest BCUT2D eigenvalue weighted by atomic mass is 16.2. The van der Waals surface area contributed by atoms with Crippen LogP contribution in [0.1, 0.15) is 12.5 Å². The van der Waals surface area contributed by atoms with E-state index in [1.807, 2.05) is 26.0 Å². The molecule has 0 bridgehead atoms. The highest BCUT2D eigenvalue weighted by molar-refractivity contribution is 6.30. The first-order valence-corrected chi connectivity index (χ1v) is 5.54. The van der Waals surface area contributed by atoms with Crippen molar-refractivity contribution in [3.05, 3.63) is 41.6 Å². The van der Waals surface area contributed by atoms with Crippen LogP contribution in [0.15, 0.2) is 36.0 Å². The predicted octanol–water partition coefficient (Wildman–Crippen LogP) is 1.36. The van der Waals surface area contributed by atoms with Crippen molar-refractivity contribution in [2.45, 2.75) is 13.8 Å². The molecule has 0 aliphatic carbocycles. The molecule has 1 heterocycles. The predicted molar refractivity (Wildman–Crippen MR) is 65.4 cm³/mol. The smallest absolute Gasteiger partial charge is 0.281 e. The summed E-state index contributed by atoms with van der Waals surface area (Å²) in [6.45, 7) is 4.46. The van der Waals surface area contributed by atoms with Crippen LogP contribution in [0, 0.1) is 6.92 Å². The minimum Gasteiger partial charge on any atom is -0.381 e. The largest absolute Gasteiger partial charge is 0.381 e. The normalized spacial score (nSPS) is 15.2. The Kier molecular flexibility index (Phi) is 2.95. The lowest BCUT2D eigenvalue weighted by Crippen LogP contribution is -2.33. The van der Waals surface area contributed by atoms with Crippen molar-refractivity contribution in [2.75, 3.05) is 11.4 Å². The maximum absolute atomic E-state index is 12.0. The van der Waals surface area contributed by atoms with Crippen molar-refractivity contribution in [3.8, 4) is 0 Å². The fraction of sp³-hybridized carbons (Fsp3) is 0.231. The van der Waals surface area contributed by atoms with Gasteiger partial charge in [-0.1, -0.05) is 17.7 Å². The van der Waals surface area contributed by atoms with E-state index in [-0.39, 0.29) is 11.8 Å². The molecule has 1 aliphatic rings. The summed E-state index contributed by atoms with van der Waals surface area (Å²) < 4.78 is 0. The summed E-state index contributed by atoms with van der Waals surface area (Å²) >= 11 is 0. The Bertz CT molecular complexity index is 489. The topological polar surface area (TPSA) is 49.4 Å². The van der Waals surface area contributed by atoms with Crippen LogP contribution in [0.3, 0.4) is 0 Å². The Balaban J connectivity index is 2.27. The third kappa shape index (κ3) is 2.06. The van der Waals surface area contributed by atoms with Crippen LogP contribution in [0.25, 0.3) is 0 Å². The minimum absolute atomic E-state index is 0.291. The number of nitrogens with zero attached hydrogens (tertiary/aromatic N) is 1. The van der Waals surface area contributed by atoms with Gasteiger partial charge in [-0.25, -0.2) is 4.90 Å². The van der Waals surface area contributed by atoms with Gasteiger partial charge < -0.3 is 5.32 Å². The molecule has 2 amide bonds. The van der Waals surface area contributed by atoms with Gasteiger partial charge in [0.05, 0.1) is 5.69 Å². The Hall–Kier alpha value is -2.10. The maximum atomic E-state index is 12.0. The summed E-state index contributed by atoms with van der Waals surface area (Å²) in [7, 11) is 0.